The van der Waals surface area contributed by atoms with Crippen LogP contribution in [0.15, 0.2) is 0 Å². The van der Waals surface area contributed by atoms with Crippen molar-refractivity contribution >= 4 is 17.9 Å². The Kier molecular flexibility index (Phi) is 7.50. The summed E-state index contributed by atoms with van der Waals surface area (Å²) in [5.41, 5.74) is 0. The van der Waals surface area contributed by atoms with Crippen LogP contribution in [0, 0.1) is 0 Å². The van der Waals surface area contributed by atoms with Crippen LogP contribution in [0.25, 0.3) is 0 Å². The number of nitrogens with one attached hydrogen (secondary N) is 2. The Balaban J connectivity index is 4.10. The zero-order valence-corrected chi connectivity index (χ0v) is 11.0. The molecule has 0 saturated heterocycles. The lowest BCUT2D eigenvalue weighted by Gasteiger charge is -2.27. The Morgan fingerprint density at radius 2 is 1.78 bits per heavy atom. The summed E-state index contributed by atoms with van der Waals surface area (Å²) in [7, 11) is 0. The van der Waals surface area contributed by atoms with E-state index in [1.807, 2.05) is 0 Å². The molecule has 0 rings (SSSR count). The van der Waals surface area contributed by atoms with Crippen LogP contribution in [0.5, 0.6) is 0 Å². The maximum atomic E-state index is 11.8. The number of carbonyl (C=O) groups is 3. The first kappa shape index (κ1) is 16.2. The summed E-state index contributed by atoms with van der Waals surface area (Å²) >= 11 is 0. The number of hydrogen-bond acceptors (Lipinski definition) is 3. The fourth-order valence-electron chi connectivity index (χ4n) is 1.53. The van der Waals surface area contributed by atoms with Crippen LogP contribution in [-0.2, 0) is 9.59 Å². The zero-order chi connectivity index (χ0) is 14.1. The highest BCUT2D eigenvalue weighted by Crippen LogP contribution is 2.03. The van der Waals surface area contributed by atoms with Gasteiger partial charge in [-0.05, 0) is 13.8 Å². The Morgan fingerprint density at radius 1 is 1.22 bits per heavy atom. The van der Waals surface area contributed by atoms with Gasteiger partial charge in [-0.25, -0.2) is 4.79 Å². The van der Waals surface area contributed by atoms with Gasteiger partial charge in [0, 0.05) is 32.6 Å². The molecule has 3 amide bonds. The van der Waals surface area contributed by atoms with Gasteiger partial charge in [-0.2, -0.15) is 0 Å². The molecule has 0 spiro atoms. The molecule has 0 aliphatic carbocycles. The molecule has 0 bridgehead atoms. The number of carboxylic acids is 1. The highest BCUT2D eigenvalue weighted by molar-refractivity contribution is 5.76. The van der Waals surface area contributed by atoms with E-state index in [9.17, 15) is 14.4 Å². The third-order valence-electron chi connectivity index (χ3n) is 2.38. The predicted octanol–water partition coefficient (Wildman–Crippen LogP) is 0.0172. The second kappa shape index (κ2) is 8.32. The second-order valence-corrected chi connectivity index (χ2v) is 3.95. The first-order valence-electron chi connectivity index (χ1n) is 5.89. The lowest BCUT2D eigenvalue weighted by Crippen LogP contribution is -2.47. The predicted molar refractivity (Wildman–Crippen MR) is 66.2 cm³/mol. The van der Waals surface area contributed by atoms with E-state index in [2.05, 4.69) is 10.6 Å². The van der Waals surface area contributed by atoms with E-state index in [0.717, 1.165) is 0 Å². The SMILES string of the molecule is CCN(C(=O)NCCNC(C)=O)C(C)CC(=O)O. The Hall–Kier alpha value is -1.79. The maximum absolute atomic E-state index is 11.8. The van der Waals surface area contributed by atoms with E-state index in [4.69, 9.17) is 5.11 Å². The molecule has 0 aromatic carbocycles. The van der Waals surface area contributed by atoms with Crippen molar-refractivity contribution in [1.29, 1.82) is 0 Å². The Labute approximate surface area is 107 Å². The minimum Gasteiger partial charge on any atom is -0.481 e. The van der Waals surface area contributed by atoms with Gasteiger partial charge in [0.1, 0.15) is 0 Å². The summed E-state index contributed by atoms with van der Waals surface area (Å²) in [6.45, 7) is 5.97. The van der Waals surface area contributed by atoms with E-state index in [1.54, 1.807) is 13.8 Å². The van der Waals surface area contributed by atoms with Crippen molar-refractivity contribution in [3.63, 3.8) is 0 Å². The van der Waals surface area contributed by atoms with Crippen molar-refractivity contribution in [2.24, 2.45) is 0 Å². The molecule has 0 aromatic rings. The molecular weight excluding hydrogens is 238 g/mol. The second-order valence-electron chi connectivity index (χ2n) is 3.95. The van der Waals surface area contributed by atoms with Gasteiger partial charge in [0.05, 0.1) is 6.42 Å². The standard InChI is InChI=1S/C11H21N3O4/c1-4-14(8(2)7-10(16)17)11(18)13-6-5-12-9(3)15/h8H,4-7H2,1-3H3,(H,12,15)(H,13,18)(H,16,17). The number of hydrogen-bond donors (Lipinski definition) is 3. The van der Waals surface area contributed by atoms with E-state index in [1.165, 1.54) is 11.8 Å². The monoisotopic (exact) mass is 259 g/mol. The van der Waals surface area contributed by atoms with Crippen molar-refractivity contribution in [2.45, 2.75) is 33.2 Å². The smallest absolute Gasteiger partial charge is 0.317 e. The molecule has 0 fully saturated rings. The fraction of sp³-hybridized carbons (Fsp3) is 0.727. The van der Waals surface area contributed by atoms with Crippen molar-refractivity contribution in [1.82, 2.24) is 15.5 Å². The molecule has 1 atom stereocenters. The normalized spacial score (nSPS) is 11.5. The molecule has 18 heavy (non-hydrogen) atoms. The van der Waals surface area contributed by atoms with Gasteiger partial charge in [-0.15, -0.1) is 0 Å². The average Bonchev–Trinajstić information content (AvgIpc) is 2.24. The molecule has 0 aliphatic rings. The minimum absolute atomic E-state index is 0.0903. The summed E-state index contributed by atoms with van der Waals surface area (Å²) < 4.78 is 0. The molecule has 1 unspecified atom stereocenters. The number of urea groups is 1. The van der Waals surface area contributed by atoms with Gasteiger partial charge in [-0.1, -0.05) is 0 Å². The Bertz CT molecular complexity index is 307. The third-order valence-corrected chi connectivity index (χ3v) is 2.38. The van der Waals surface area contributed by atoms with Gasteiger partial charge in [0.2, 0.25) is 5.91 Å². The van der Waals surface area contributed by atoms with Crippen molar-refractivity contribution < 1.29 is 19.5 Å². The molecule has 0 aromatic heterocycles. The van der Waals surface area contributed by atoms with Gasteiger partial charge in [0.15, 0.2) is 0 Å². The van der Waals surface area contributed by atoms with Gasteiger partial charge in [0.25, 0.3) is 0 Å². The van der Waals surface area contributed by atoms with Crippen molar-refractivity contribution in [3.05, 3.63) is 0 Å². The molecule has 7 heteroatoms. The molecule has 7 nitrogen and oxygen atoms in total. The topological polar surface area (TPSA) is 98.7 Å². The number of nitrogens with zero attached hydrogens (tertiary/aromatic N) is 1. The van der Waals surface area contributed by atoms with Crippen LogP contribution in [0.1, 0.15) is 27.2 Å². The molecule has 0 saturated carbocycles. The van der Waals surface area contributed by atoms with Crippen molar-refractivity contribution in [2.75, 3.05) is 19.6 Å². The lowest BCUT2D eigenvalue weighted by atomic mass is 10.2. The van der Waals surface area contributed by atoms with Crippen LogP contribution in [0.4, 0.5) is 4.79 Å². The van der Waals surface area contributed by atoms with Crippen LogP contribution < -0.4 is 10.6 Å². The van der Waals surface area contributed by atoms with Crippen LogP contribution in [-0.4, -0.2) is 53.6 Å². The van der Waals surface area contributed by atoms with Crippen LogP contribution >= 0.6 is 0 Å². The average molecular weight is 259 g/mol. The molecule has 104 valence electrons. The summed E-state index contributed by atoms with van der Waals surface area (Å²) in [5, 5.41) is 13.9. The summed E-state index contributed by atoms with van der Waals surface area (Å²) in [5.74, 6) is -1.09. The van der Waals surface area contributed by atoms with Gasteiger partial charge < -0.3 is 20.6 Å². The van der Waals surface area contributed by atoms with E-state index in [0.29, 0.717) is 19.6 Å². The minimum atomic E-state index is -0.938. The van der Waals surface area contributed by atoms with Gasteiger partial charge >= 0.3 is 12.0 Å². The van der Waals surface area contributed by atoms with Crippen molar-refractivity contribution in [3.8, 4) is 0 Å². The quantitative estimate of drug-likeness (QED) is 0.561. The number of carboxylic acid groups (broad SMARTS) is 1. The molecule has 0 heterocycles. The molecule has 3 N–H and O–H groups in total. The first-order valence-corrected chi connectivity index (χ1v) is 5.89. The lowest BCUT2D eigenvalue weighted by molar-refractivity contribution is -0.138. The number of aliphatic carboxylic acids is 1. The maximum Gasteiger partial charge on any atom is 0.317 e. The molecule has 0 radical (unpaired) electrons. The summed E-state index contributed by atoms with van der Waals surface area (Å²) in [6, 6.07) is -0.690. The largest absolute Gasteiger partial charge is 0.481 e. The van der Waals surface area contributed by atoms with E-state index in [-0.39, 0.29) is 24.4 Å². The van der Waals surface area contributed by atoms with E-state index >= 15 is 0 Å². The van der Waals surface area contributed by atoms with Gasteiger partial charge in [-0.3, -0.25) is 9.59 Å². The first-order chi connectivity index (χ1) is 8.38. The highest BCUT2D eigenvalue weighted by Gasteiger charge is 2.20. The number of rotatable bonds is 7. The van der Waals surface area contributed by atoms with E-state index < -0.39 is 5.97 Å². The third kappa shape index (κ3) is 6.72. The fourth-order valence-corrected chi connectivity index (χ4v) is 1.53. The van der Waals surface area contributed by atoms with Crippen LogP contribution in [0.2, 0.25) is 0 Å². The zero-order valence-electron chi connectivity index (χ0n) is 11.0. The molecule has 0 aliphatic heterocycles. The molecular formula is C11H21N3O4. The highest BCUT2D eigenvalue weighted by atomic mass is 16.4. The Morgan fingerprint density at radius 3 is 2.22 bits per heavy atom. The summed E-state index contributed by atoms with van der Waals surface area (Å²) in [4.78, 5) is 34.4. The summed E-state index contributed by atoms with van der Waals surface area (Å²) in [6.07, 6.45) is -0.0903. The number of amides is 3. The number of carbonyl (C=O) groups excluding carboxylic acids is 2. The van der Waals surface area contributed by atoms with Crippen LogP contribution in [0.3, 0.4) is 0 Å².